The average molecular weight is 366 g/mol. The maximum absolute atomic E-state index is 13.2. The summed E-state index contributed by atoms with van der Waals surface area (Å²) in [5.41, 5.74) is 2.03. The summed E-state index contributed by atoms with van der Waals surface area (Å²) in [7, 11) is 0. The highest BCUT2D eigenvalue weighted by molar-refractivity contribution is 5.94. The van der Waals surface area contributed by atoms with Gasteiger partial charge in [-0.3, -0.25) is 4.79 Å². The van der Waals surface area contributed by atoms with E-state index < -0.39 is 0 Å². The summed E-state index contributed by atoms with van der Waals surface area (Å²) in [5.74, 6) is 1.44. The molecule has 0 saturated carbocycles. The van der Waals surface area contributed by atoms with E-state index in [1.54, 1.807) is 6.20 Å². The third-order valence-electron chi connectivity index (χ3n) is 5.77. The zero-order valence-electron chi connectivity index (χ0n) is 16.8. The number of hydrogen-bond acceptors (Lipinski definition) is 3. The van der Waals surface area contributed by atoms with E-state index in [1.165, 1.54) is 5.56 Å². The van der Waals surface area contributed by atoms with Gasteiger partial charge in [-0.25, -0.2) is 4.98 Å². The summed E-state index contributed by atoms with van der Waals surface area (Å²) < 4.78 is 0. The Hall–Kier alpha value is -2.36. The zero-order chi connectivity index (χ0) is 19.2. The first-order valence-corrected chi connectivity index (χ1v) is 10.3. The normalized spacial score (nSPS) is 17.7. The molecule has 0 N–H and O–H groups in total. The summed E-state index contributed by atoms with van der Waals surface area (Å²) in [5, 5.41) is 0. The summed E-state index contributed by atoms with van der Waals surface area (Å²) in [6, 6.07) is 14.8. The maximum Gasteiger partial charge on any atom is 0.255 e. The van der Waals surface area contributed by atoms with Crippen molar-refractivity contribution in [1.82, 2.24) is 9.88 Å². The van der Waals surface area contributed by atoms with Gasteiger partial charge in [0.1, 0.15) is 5.82 Å². The van der Waals surface area contributed by atoms with E-state index in [2.05, 4.69) is 65.9 Å². The van der Waals surface area contributed by atoms with Gasteiger partial charge in [0.2, 0.25) is 0 Å². The highest BCUT2D eigenvalue weighted by atomic mass is 16.2. The van der Waals surface area contributed by atoms with Crippen molar-refractivity contribution in [3.8, 4) is 0 Å². The van der Waals surface area contributed by atoms with Crippen LogP contribution in [-0.2, 0) is 0 Å². The van der Waals surface area contributed by atoms with Crippen LogP contribution in [-0.4, -0.2) is 41.5 Å². The quantitative estimate of drug-likeness (QED) is 0.712. The number of pyridine rings is 1. The second-order valence-electron chi connectivity index (χ2n) is 7.21. The highest BCUT2D eigenvalue weighted by Crippen LogP contribution is 2.34. The fraction of sp³-hybridized carbons (Fsp3) is 0.478. The topological polar surface area (TPSA) is 36.4 Å². The first-order chi connectivity index (χ1) is 13.2. The first kappa shape index (κ1) is 19.4. The lowest BCUT2D eigenvalue weighted by molar-refractivity contribution is 0.0714. The molecule has 2 heterocycles. The highest BCUT2D eigenvalue weighted by Gasteiger charge is 2.35. The Morgan fingerprint density at radius 3 is 2.48 bits per heavy atom. The van der Waals surface area contributed by atoms with E-state index in [4.69, 9.17) is 0 Å². The number of carbonyl (C=O) groups excluding carboxylic acids is 1. The summed E-state index contributed by atoms with van der Waals surface area (Å²) in [6.07, 6.45) is 4.93. The van der Waals surface area contributed by atoms with Gasteiger partial charge in [0, 0.05) is 37.8 Å². The van der Waals surface area contributed by atoms with E-state index in [0.717, 1.165) is 44.7 Å². The molecule has 1 amide bonds. The maximum atomic E-state index is 13.2. The molecule has 0 spiro atoms. The third-order valence-corrected chi connectivity index (χ3v) is 5.77. The second-order valence-corrected chi connectivity index (χ2v) is 7.21. The number of carbonyl (C=O) groups is 1. The molecule has 1 aromatic heterocycles. The van der Waals surface area contributed by atoms with Crippen molar-refractivity contribution >= 4 is 11.7 Å². The van der Waals surface area contributed by atoms with Crippen molar-refractivity contribution in [1.29, 1.82) is 0 Å². The Bertz CT molecular complexity index is 725. The van der Waals surface area contributed by atoms with Crippen molar-refractivity contribution in [3.63, 3.8) is 0 Å². The van der Waals surface area contributed by atoms with Gasteiger partial charge in [-0.15, -0.1) is 0 Å². The SMILES string of the molecule is CCC(c1ccccc1)C1CCCN1C(=O)c1ccc(N(CC)CC)nc1. The number of nitrogens with zero attached hydrogens (tertiary/aromatic N) is 3. The lowest BCUT2D eigenvalue weighted by atomic mass is 9.87. The van der Waals surface area contributed by atoms with Gasteiger partial charge in [-0.05, 0) is 50.8 Å². The molecule has 2 aromatic rings. The Morgan fingerprint density at radius 2 is 1.89 bits per heavy atom. The van der Waals surface area contributed by atoms with E-state index in [-0.39, 0.29) is 11.9 Å². The number of likely N-dealkylation sites (tertiary alicyclic amines) is 1. The largest absolute Gasteiger partial charge is 0.357 e. The molecule has 4 nitrogen and oxygen atoms in total. The van der Waals surface area contributed by atoms with Crippen LogP contribution in [0.1, 0.15) is 61.9 Å². The molecule has 1 aromatic carbocycles. The predicted molar refractivity (Wildman–Crippen MR) is 111 cm³/mol. The third kappa shape index (κ3) is 4.15. The molecule has 1 aliphatic heterocycles. The van der Waals surface area contributed by atoms with E-state index in [9.17, 15) is 4.79 Å². The second kappa shape index (κ2) is 9.03. The molecule has 2 atom stereocenters. The van der Waals surface area contributed by atoms with Crippen molar-refractivity contribution in [2.45, 2.75) is 52.0 Å². The van der Waals surface area contributed by atoms with Gasteiger partial charge >= 0.3 is 0 Å². The number of rotatable bonds is 7. The van der Waals surface area contributed by atoms with Gasteiger partial charge in [-0.1, -0.05) is 37.3 Å². The molecular formula is C23H31N3O. The van der Waals surface area contributed by atoms with Gasteiger partial charge in [-0.2, -0.15) is 0 Å². The Balaban J connectivity index is 1.79. The monoisotopic (exact) mass is 365 g/mol. The van der Waals surface area contributed by atoms with Crippen molar-refractivity contribution in [2.24, 2.45) is 0 Å². The van der Waals surface area contributed by atoms with Crippen molar-refractivity contribution < 1.29 is 4.79 Å². The molecule has 0 aliphatic carbocycles. The van der Waals surface area contributed by atoms with Crippen molar-refractivity contribution in [3.05, 3.63) is 59.8 Å². The predicted octanol–water partition coefficient (Wildman–Crippen LogP) is 4.73. The minimum absolute atomic E-state index is 0.116. The van der Waals surface area contributed by atoms with Crippen LogP contribution in [0.4, 0.5) is 5.82 Å². The fourth-order valence-electron chi connectivity index (χ4n) is 4.31. The van der Waals surface area contributed by atoms with Crippen LogP contribution in [0.15, 0.2) is 48.7 Å². The molecule has 1 saturated heterocycles. The smallest absolute Gasteiger partial charge is 0.255 e. The number of amides is 1. The lowest BCUT2D eigenvalue weighted by Gasteiger charge is -2.32. The van der Waals surface area contributed by atoms with E-state index in [0.29, 0.717) is 11.5 Å². The molecule has 144 valence electrons. The first-order valence-electron chi connectivity index (χ1n) is 10.3. The Labute approximate surface area is 163 Å². The minimum atomic E-state index is 0.116. The molecule has 3 rings (SSSR count). The molecule has 0 radical (unpaired) electrons. The summed E-state index contributed by atoms with van der Waals surface area (Å²) in [4.78, 5) is 22.0. The lowest BCUT2D eigenvalue weighted by Crippen LogP contribution is -2.39. The number of anilines is 1. The molecule has 1 aliphatic rings. The Morgan fingerprint density at radius 1 is 1.15 bits per heavy atom. The molecule has 0 bridgehead atoms. The van der Waals surface area contributed by atoms with Gasteiger partial charge in [0.25, 0.3) is 5.91 Å². The molecular weight excluding hydrogens is 334 g/mol. The van der Waals surface area contributed by atoms with Gasteiger partial charge < -0.3 is 9.80 Å². The van der Waals surface area contributed by atoms with Crippen LogP contribution >= 0.6 is 0 Å². The van der Waals surface area contributed by atoms with Crippen LogP contribution in [0.5, 0.6) is 0 Å². The van der Waals surface area contributed by atoms with Crippen LogP contribution in [0.2, 0.25) is 0 Å². The van der Waals surface area contributed by atoms with Crippen LogP contribution in [0.3, 0.4) is 0 Å². The summed E-state index contributed by atoms with van der Waals surface area (Å²) in [6.45, 7) is 9.13. The summed E-state index contributed by atoms with van der Waals surface area (Å²) >= 11 is 0. The molecule has 2 unspecified atom stereocenters. The van der Waals surface area contributed by atoms with Crippen LogP contribution in [0.25, 0.3) is 0 Å². The van der Waals surface area contributed by atoms with Crippen LogP contribution in [0, 0.1) is 0 Å². The average Bonchev–Trinajstić information content (AvgIpc) is 3.20. The number of hydrogen-bond donors (Lipinski definition) is 0. The fourth-order valence-corrected chi connectivity index (χ4v) is 4.31. The molecule has 27 heavy (non-hydrogen) atoms. The Kier molecular flexibility index (Phi) is 6.49. The van der Waals surface area contributed by atoms with Gasteiger partial charge in [0.05, 0.1) is 5.56 Å². The van der Waals surface area contributed by atoms with Crippen molar-refractivity contribution in [2.75, 3.05) is 24.5 Å². The zero-order valence-corrected chi connectivity index (χ0v) is 16.8. The standard InChI is InChI=1S/C23H31N3O/c1-4-20(18-11-8-7-9-12-18)21-13-10-16-26(21)23(27)19-14-15-22(24-17-19)25(5-2)6-3/h7-9,11-12,14-15,17,20-21H,4-6,10,13,16H2,1-3H3. The van der Waals surface area contributed by atoms with E-state index >= 15 is 0 Å². The van der Waals surface area contributed by atoms with E-state index in [1.807, 2.05) is 12.1 Å². The molecule has 1 fully saturated rings. The number of benzene rings is 1. The van der Waals surface area contributed by atoms with Gasteiger partial charge in [0.15, 0.2) is 0 Å². The van der Waals surface area contributed by atoms with Crippen LogP contribution < -0.4 is 4.90 Å². The minimum Gasteiger partial charge on any atom is -0.357 e. The number of aromatic nitrogens is 1. The molecule has 4 heteroatoms.